The van der Waals surface area contributed by atoms with Crippen molar-refractivity contribution in [1.29, 1.82) is 0 Å². The summed E-state index contributed by atoms with van der Waals surface area (Å²) in [5.74, 6) is 0. The van der Waals surface area contributed by atoms with Crippen LogP contribution in [0.15, 0.2) is 15.6 Å². The molecule has 78 valence electrons. The zero-order valence-electron chi connectivity index (χ0n) is 8.08. The van der Waals surface area contributed by atoms with E-state index in [1.165, 1.54) is 10.6 Å². The van der Waals surface area contributed by atoms with Crippen molar-refractivity contribution in [2.75, 3.05) is 0 Å². The van der Waals surface area contributed by atoms with Gasteiger partial charge in [-0.25, -0.2) is 9.97 Å². The SMILES string of the molecule is Cc1nc2c(Br)nc(Cl)cn2c(=O)c1C. The maximum atomic E-state index is 11.9. The number of aryl methyl sites for hydroxylation is 1. The molecule has 6 heteroatoms. The summed E-state index contributed by atoms with van der Waals surface area (Å²) in [6, 6.07) is 0. The minimum atomic E-state index is -0.123. The standard InChI is InChI=1S/C9H7BrClN3O/c1-4-5(2)12-8-7(10)13-6(11)3-14(8)9(4)15/h3H,1-2H3. The number of nitrogens with zero attached hydrogens (tertiary/aromatic N) is 3. The molecular weight excluding hydrogens is 281 g/mol. The largest absolute Gasteiger partial charge is 0.269 e. The van der Waals surface area contributed by atoms with Crippen molar-refractivity contribution in [3.05, 3.63) is 37.6 Å². The van der Waals surface area contributed by atoms with E-state index in [1.807, 2.05) is 0 Å². The van der Waals surface area contributed by atoms with E-state index in [2.05, 4.69) is 25.9 Å². The maximum absolute atomic E-state index is 11.9. The third-order valence-electron chi connectivity index (χ3n) is 2.21. The molecule has 4 nitrogen and oxygen atoms in total. The van der Waals surface area contributed by atoms with Crippen LogP contribution in [0.1, 0.15) is 11.3 Å². The Morgan fingerprint density at radius 1 is 1.40 bits per heavy atom. The Bertz CT molecular complexity index is 608. The molecule has 0 aromatic carbocycles. The Kier molecular flexibility index (Phi) is 2.52. The van der Waals surface area contributed by atoms with Crippen LogP contribution < -0.4 is 5.56 Å². The number of rotatable bonds is 0. The third-order valence-corrected chi connectivity index (χ3v) is 2.92. The lowest BCUT2D eigenvalue weighted by atomic mass is 10.3. The van der Waals surface area contributed by atoms with Crippen molar-refractivity contribution >= 4 is 33.2 Å². The van der Waals surface area contributed by atoms with Gasteiger partial charge in [-0.15, -0.1) is 0 Å². The Labute approximate surface area is 99.1 Å². The van der Waals surface area contributed by atoms with Crippen LogP contribution in [0.5, 0.6) is 0 Å². The Balaban J connectivity index is 3.06. The van der Waals surface area contributed by atoms with E-state index in [0.29, 0.717) is 21.5 Å². The van der Waals surface area contributed by atoms with Crippen molar-refractivity contribution in [1.82, 2.24) is 14.4 Å². The fraction of sp³-hybridized carbons (Fsp3) is 0.222. The highest BCUT2D eigenvalue weighted by Crippen LogP contribution is 2.16. The topological polar surface area (TPSA) is 47.3 Å². The van der Waals surface area contributed by atoms with Crippen LogP contribution in [-0.4, -0.2) is 14.4 Å². The highest BCUT2D eigenvalue weighted by atomic mass is 79.9. The second-order valence-electron chi connectivity index (χ2n) is 3.18. The van der Waals surface area contributed by atoms with Crippen LogP contribution in [0.2, 0.25) is 5.15 Å². The smallest absolute Gasteiger partial charge is 0.261 e. The first kappa shape index (κ1) is 10.6. The summed E-state index contributed by atoms with van der Waals surface area (Å²) in [5.41, 5.74) is 1.67. The van der Waals surface area contributed by atoms with Gasteiger partial charge in [0.25, 0.3) is 5.56 Å². The van der Waals surface area contributed by atoms with Gasteiger partial charge in [0.05, 0.1) is 6.20 Å². The van der Waals surface area contributed by atoms with Crippen LogP contribution in [0.3, 0.4) is 0 Å². The minimum absolute atomic E-state index is 0.123. The predicted molar refractivity (Wildman–Crippen MR) is 61.4 cm³/mol. The molecule has 0 atom stereocenters. The van der Waals surface area contributed by atoms with Crippen molar-refractivity contribution in [3.63, 3.8) is 0 Å². The van der Waals surface area contributed by atoms with Gasteiger partial charge < -0.3 is 0 Å². The number of aromatic nitrogens is 3. The summed E-state index contributed by atoms with van der Waals surface area (Å²) in [5, 5.41) is 0.251. The molecular formula is C9H7BrClN3O. The normalized spacial score (nSPS) is 10.9. The van der Waals surface area contributed by atoms with Crippen molar-refractivity contribution < 1.29 is 0 Å². The van der Waals surface area contributed by atoms with Crippen LogP contribution in [0, 0.1) is 13.8 Å². The molecule has 15 heavy (non-hydrogen) atoms. The first-order valence-corrected chi connectivity index (χ1v) is 5.39. The predicted octanol–water partition coefficient (Wildman–Crippen LogP) is 2.12. The average Bonchev–Trinajstić information content (AvgIpc) is 2.17. The second kappa shape index (κ2) is 3.57. The summed E-state index contributed by atoms with van der Waals surface area (Å²) in [6.45, 7) is 3.52. The van der Waals surface area contributed by atoms with Crippen LogP contribution >= 0.6 is 27.5 Å². The first-order chi connectivity index (χ1) is 7.00. The highest BCUT2D eigenvalue weighted by Gasteiger charge is 2.09. The van der Waals surface area contributed by atoms with E-state index >= 15 is 0 Å². The van der Waals surface area contributed by atoms with Gasteiger partial charge in [0.2, 0.25) is 0 Å². The van der Waals surface area contributed by atoms with Gasteiger partial charge in [0.15, 0.2) is 10.3 Å². The summed E-state index contributed by atoms with van der Waals surface area (Å²) in [4.78, 5) is 20.1. The molecule has 0 aliphatic heterocycles. The average molecular weight is 289 g/mol. The Morgan fingerprint density at radius 3 is 2.73 bits per heavy atom. The van der Waals surface area contributed by atoms with Gasteiger partial charge in [0, 0.05) is 11.3 Å². The molecule has 2 aromatic heterocycles. The van der Waals surface area contributed by atoms with Gasteiger partial charge in [-0.05, 0) is 29.8 Å². The molecule has 0 aliphatic carbocycles. The second-order valence-corrected chi connectivity index (χ2v) is 4.31. The zero-order chi connectivity index (χ0) is 11.2. The lowest BCUT2D eigenvalue weighted by molar-refractivity contribution is 0.957. The van der Waals surface area contributed by atoms with E-state index in [-0.39, 0.29) is 10.7 Å². The summed E-state index contributed by atoms with van der Waals surface area (Å²) in [7, 11) is 0. The van der Waals surface area contributed by atoms with Crippen LogP contribution in [0.25, 0.3) is 5.65 Å². The van der Waals surface area contributed by atoms with Gasteiger partial charge in [0.1, 0.15) is 5.15 Å². The summed E-state index contributed by atoms with van der Waals surface area (Å²) >= 11 is 8.98. The zero-order valence-corrected chi connectivity index (χ0v) is 10.4. The monoisotopic (exact) mass is 287 g/mol. The van der Waals surface area contributed by atoms with Gasteiger partial charge in [-0.3, -0.25) is 9.20 Å². The molecule has 0 spiro atoms. The molecule has 2 rings (SSSR count). The van der Waals surface area contributed by atoms with Crippen molar-refractivity contribution in [2.45, 2.75) is 13.8 Å². The molecule has 0 bridgehead atoms. The molecule has 0 aliphatic rings. The molecule has 0 radical (unpaired) electrons. The van der Waals surface area contributed by atoms with Crippen LogP contribution in [-0.2, 0) is 0 Å². The molecule has 2 heterocycles. The molecule has 0 saturated carbocycles. The summed E-state index contributed by atoms with van der Waals surface area (Å²) in [6.07, 6.45) is 1.46. The van der Waals surface area contributed by atoms with E-state index in [1.54, 1.807) is 13.8 Å². The number of hydrogen-bond donors (Lipinski definition) is 0. The van der Waals surface area contributed by atoms with E-state index in [9.17, 15) is 4.79 Å². The van der Waals surface area contributed by atoms with E-state index in [4.69, 9.17) is 11.6 Å². The molecule has 0 saturated heterocycles. The minimum Gasteiger partial charge on any atom is -0.269 e. The lowest BCUT2D eigenvalue weighted by Crippen LogP contribution is -2.19. The van der Waals surface area contributed by atoms with E-state index in [0.717, 1.165) is 0 Å². The van der Waals surface area contributed by atoms with Gasteiger partial charge in [-0.2, -0.15) is 0 Å². The summed E-state index contributed by atoms with van der Waals surface area (Å²) < 4.78 is 1.86. The van der Waals surface area contributed by atoms with Crippen LogP contribution in [0.4, 0.5) is 0 Å². The Morgan fingerprint density at radius 2 is 2.07 bits per heavy atom. The van der Waals surface area contributed by atoms with Crippen molar-refractivity contribution in [2.24, 2.45) is 0 Å². The molecule has 2 aromatic rings. The first-order valence-electron chi connectivity index (χ1n) is 4.22. The maximum Gasteiger partial charge on any atom is 0.261 e. The molecule has 0 fully saturated rings. The molecule has 0 N–H and O–H groups in total. The lowest BCUT2D eigenvalue weighted by Gasteiger charge is -2.05. The Hall–Kier alpha value is -0.940. The number of halogens is 2. The number of hydrogen-bond acceptors (Lipinski definition) is 3. The fourth-order valence-electron chi connectivity index (χ4n) is 1.27. The molecule has 0 amide bonds. The quantitative estimate of drug-likeness (QED) is 0.746. The van der Waals surface area contributed by atoms with E-state index < -0.39 is 0 Å². The highest BCUT2D eigenvalue weighted by molar-refractivity contribution is 9.10. The van der Waals surface area contributed by atoms with Gasteiger partial charge in [-0.1, -0.05) is 11.6 Å². The van der Waals surface area contributed by atoms with Crippen molar-refractivity contribution in [3.8, 4) is 0 Å². The number of fused-ring (bicyclic) bond motifs is 1. The fourth-order valence-corrected chi connectivity index (χ4v) is 2.03. The third kappa shape index (κ3) is 1.66. The molecule has 0 unspecified atom stereocenters. The van der Waals surface area contributed by atoms with Gasteiger partial charge >= 0.3 is 0 Å².